The summed E-state index contributed by atoms with van der Waals surface area (Å²) in [5.74, 6) is -0.386. The SMILES string of the molecule is CCOC(=O)C1=C(C)N(CC)C(=O)N[C@H]1c1cc(Br)cs1. The molecule has 2 amide bonds. The van der Waals surface area contributed by atoms with E-state index < -0.39 is 6.04 Å². The summed E-state index contributed by atoms with van der Waals surface area (Å²) in [6, 6.07) is 1.25. The molecule has 0 spiro atoms. The Balaban J connectivity index is 2.49. The van der Waals surface area contributed by atoms with Gasteiger partial charge in [0, 0.05) is 27.0 Å². The summed E-state index contributed by atoms with van der Waals surface area (Å²) in [6.45, 7) is 6.22. The number of halogens is 1. The topological polar surface area (TPSA) is 58.6 Å². The van der Waals surface area contributed by atoms with Crippen LogP contribution in [0.4, 0.5) is 4.79 Å². The average molecular weight is 373 g/mol. The van der Waals surface area contributed by atoms with Crippen LogP contribution in [-0.2, 0) is 9.53 Å². The molecule has 7 heteroatoms. The highest BCUT2D eigenvalue weighted by molar-refractivity contribution is 9.10. The van der Waals surface area contributed by atoms with E-state index in [1.807, 2.05) is 18.4 Å². The van der Waals surface area contributed by atoms with Gasteiger partial charge in [0.05, 0.1) is 18.2 Å². The second kappa shape index (κ2) is 6.62. The molecule has 1 aliphatic rings. The van der Waals surface area contributed by atoms with Crippen LogP contribution in [0.1, 0.15) is 31.7 Å². The maximum Gasteiger partial charge on any atom is 0.338 e. The summed E-state index contributed by atoms with van der Waals surface area (Å²) in [4.78, 5) is 26.9. The van der Waals surface area contributed by atoms with Crippen LogP contribution >= 0.6 is 27.3 Å². The van der Waals surface area contributed by atoms with Crippen LogP contribution in [0.5, 0.6) is 0 Å². The molecule has 21 heavy (non-hydrogen) atoms. The maximum atomic E-state index is 12.3. The van der Waals surface area contributed by atoms with Gasteiger partial charge in [0.15, 0.2) is 0 Å². The largest absolute Gasteiger partial charge is 0.463 e. The van der Waals surface area contributed by atoms with Crippen molar-refractivity contribution in [3.8, 4) is 0 Å². The van der Waals surface area contributed by atoms with Crippen molar-refractivity contribution in [3.05, 3.63) is 32.1 Å². The molecule has 0 radical (unpaired) electrons. The molecule has 0 aliphatic carbocycles. The molecular formula is C14H17BrN2O3S. The number of nitrogens with one attached hydrogen (secondary N) is 1. The van der Waals surface area contributed by atoms with E-state index in [2.05, 4.69) is 21.2 Å². The summed E-state index contributed by atoms with van der Waals surface area (Å²) < 4.78 is 6.08. The Kier molecular flexibility index (Phi) is 5.05. The number of thiophene rings is 1. The Morgan fingerprint density at radius 3 is 2.76 bits per heavy atom. The van der Waals surface area contributed by atoms with E-state index in [1.165, 1.54) is 11.3 Å². The summed E-state index contributed by atoms with van der Waals surface area (Å²) >= 11 is 4.88. The quantitative estimate of drug-likeness (QED) is 0.823. The third-order valence-electron chi connectivity index (χ3n) is 3.28. The van der Waals surface area contributed by atoms with E-state index in [0.717, 1.165) is 9.35 Å². The molecule has 1 atom stereocenters. The first kappa shape index (κ1) is 16.0. The smallest absolute Gasteiger partial charge is 0.338 e. The fraction of sp³-hybridized carbons (Fsp3) is 0.429. The van der Waals surface area contributed by atoms with Crippen LogP contribution in [0.15, 0.2) is 27.2 Å². The van der Waals surface area contributed by atoms with Crippen molar-refractivity contribution in [2.75, 3.05) is 13.2 Å². The zero-order chi connectivity index (χ0) is 15.6. The molecule has 1 aromatic rings. The van der Waals surface area contributed by atoms with Crippen LogP contribution in [0.3, 0.4) is 0 Å². The number of hydrogen-bond donors (Lipinski definition) is 1. The van der Waals surface area contributed by atoms with Gasteiger partial charge in [0.2, 0.25) is 0 Å². The van der Waals surface area contributed by atoms with Gasteiger partial charge in [-0.25, -0.2) is 9.59 Å². The number of rotatable bonds is 4. The number of amides is 2. The van der Waals surface area contributed by atoms with Crippen molar-refractivity contribution in [2.24, 2.45) is 0 Å². The fourth-order valence-electron chi connectivity index (χ4n) is 2.33. The lowest BCUT2D eigenvalue weighted by molar-refractivity contribution is -0.139. The van der Waals surface area contributed by atoms with Crippen LogP contribution in [-0.4, -0.2) is 30.1 Å². The lowest BCUT2D eigenvalue weighted by atomic mass is 10.0. The molecule has 114 valence electrons. The van der Waals surface area contributed by atoms with E-state index in [1.54, 1.807) is 18.7 Å². The van der Waals surface area contributed by atoms with Gasteiger partial charge < -0.3 is 10.1 Å². The number of allylic oxidation sites excluding steroid dienone is 1. The highest BCUT2D eigenvalue weighted by atomic mass is 79.9. The highest BCUT2D eigenvalue weighted by Crippen LogP contribution is 2.35. The first-order chi connectivity index (χ1) is 9.99. The second-order valence-corrected chi connectivity index (χ2v) is 6.37. The number of carbonyl (C=O) groups is 2. The summed E-state index contributed by atoms with van der Waals surface area (Å²) in [5.41, 5.74) is 1.14. The third kappa shape index (κ3) is 3.13. The van der Waals surface area contributed by atoms with Gasteiger partial charge in [-0.2, -0.15) is 0 Å². The van der Waals surface area contributed by atoms with Crippen LogP contribution in [0.25, 0.3) is 0 Å². The minimum Gasteiger partial charge on any atom is -0.463 e. The van der Waals surface area contributed by atoms with Crippen molar-refractivity contribution in [1.82, 2.24) is 10.2 Å². The van der Waals surface area contributed by atoms with Gasteiger partial charge in [0.1, 0.15) is 0 Å². The van der Waals surface area contributed by atoms with E-state index in [-0.39, 0.29) is 12.0 Å². The van der Waals surface area contributed by atoms with Crippen molar-refractivity contribution in [3.63, 3.8) is 0 Å². The predicted molar refractivity (Wildman–Crippen MR) is 85.0 cm³/mol. The minimum absolute atomic E-state index is 0.197. The molecule has 1 aliphatic heterocycles. The Morgan fingerprint density at radius 1 is 1.52 bits per heavy atom. The van der Waals surface area contributed by atoms with E-state index >= 15 is 0 Å². The molecule has 0 fully saturated rings. The lowest BCUT2D eigenvalue weighted by Crippen LogP contribution is -2.47. The van der Waals surface area contributed by atoms with Crippen LogP contribution < -0.4 is 5.32 Å². The molecule has 2 rings (SSSR count). The standard InChI is InChI=1S/C14H17BrN2O3S/c1-4-17-8(3)11(13(18)20-5-2)12(16-14(17)19)10-6-9(15)7-21-10/h6-7,12H,4-5H2,1-3H3,(H,16,19)/t12-/m0/s1. The van der Waals surface area contributed by atoms with Gasteiger partial charge >= 0.3 is 12.0 Å². The molecule has 5 nitrogen and oxygen atoms in total. The number of carbonyl (C=O) groups excluding carboxylic acids is 2. The molecule has 0 bridgehead atoms. The van der Waals surface area contributed by atoms with Gasteiger partial charge in [-0.3, -0.25) is 4.90 Å². The van der Waals surface area contributed by atoms with Crippen LogP contribution in [0.2, 0.25) is 0 Å². The molecule has 0 aromatic carbocycles. The molecular weight excluding hydrogens is 356 g/mol. The third-order valence-corrected chi connectivity index (χ3v) is 5.04. The Labute approximate surface area is 136 Å². The maximum absolute atomic E-state index is 12.3. The van der Waals surface area contributed by atoms with Crippen molar-refractivity contribution < 1.29 is 14.3 Å². The number of ether oxygens (including phenoxy) is 1. The lowest BCUT2D eigenvalue weighted by Gasteiger charge is -2.34. The number of nitrogens with zero attached hydrogens (tertiary/aromatic N) is 1. The summed E-state index contributed by atoms with van der Waals surface area (Å²) in [7, 11) is 0. The second-order valence-electron chi connectivity index (χ2n) is 4.51. The summed E-state index contributed by atoms with van der Waals surface area (Å²) in [6.07, 6.45) is 0. The molecule has 1 N–H and O–H groups in total. The zero-order valence-electron chi connectivity index (χ0n) is 12.1. The molecule has 0 unspecified atom stereocenters. The molecule has 0 saturated heterocycles. The van der Waals surface area contributed by atoms with Crippen LogP contribution in [0, 0.1) is 0 Å². The molecule has 2 heterocycles. The first-order valence-electron chi connectivity index (χ1n) is 6.69. The van der Waals surface area contributed by atoms with E-state index in [4.69, 9.17) is 4.74 Å². The Hall–Kier alpha value is -1.34. The van der Waals surface area contributed by atoms with E-state index in [0.29, 0.717) is 24.4 Å². The average Bonchev–Trinajstić information content (AvgIpc) is 2.85. The number of hydrogen-bond acceptors (Lipinski definition) is 4. The minimum atomic E-state index is -0.462. The Bertz CT molecular complexity index is 597. The van der Waals surface area contributed by atoms with Gasteiger partial charge in [-0.05, 0) is 42.8 Å². The summed E-state index contributed by atoms with van der Waals surface area (Å²) in [5, 5.41) is 4.81. The highest BCUT2D eigenvalue weighted by Gasteiger charge is 2.36. The van der Waals surface area contributed by atoms with Crippen molar-refractivity contribution in [1.29, 1.82) is 0 Å². The Morgan fingerprint density at radius 2 is 2.24 bits per heavy atom. The first-order valence-corrected chi connectivity index (χ1v) is 8.36. The van der Waals surface area contributed by atoms with Crippen molar-refractivity contribution >= 4 is 39.3 Å². The monoisotopic (exact) mass is 372 g/mol. The predicted octanol–water partition coefficient (Wildman–Crippen LogP) is 3.43. The van der Waals surface area contributed by atoms with E-state index in [9.17, 15) is 9.59 Å². The number of esters is 1. The van der Waals surface area contributed by atoms with Crippen molar-refractivity contribution in [2.45, 2.75) is 26.8 Å². The molecule has 1 aromatic heterocycles. The van der Waals surface area contributed by atoms with Gasteiger partial charge in [-0.15, -0.1) is 11.3 Å². The number of urea groups is 1. The zero-order valence-corrected chi connectivity index (χ0v) is 14.5. The molecule has 0 saturated carbocycles. The normalized spacial score (nSPS) is 18.8. The fourth-order valence-corrected chi connectivity index (χ4v) is 3.83. The van der Waals surface area contributed by atoms with Gasteiger partial charge in [-0.1, -0.05) is 0 Å². The van der Waals surface area contributed by atoms with Gasteiger partial charge in [0.25, 0.3) is 0 Å².